The van der Waals surface area contributed by atoms with E-state index in [1.165, 1.54) is 18.4 Å². The summed E-state index contributed by atoms with van der Waals surface area (Å²) in [6, 6.07) is 3.83. The highest BCUT2D eigenvalue weighted by Crippen LogP contribution is 2.25. The zero-order valence-corrected chi connectivity index (χ0v) is 13.9. The molecule has 0 unspecified atom stereocenters. The molecule has 1 heterocycles. The van der Waals surface area contributed by atoms with Crippen molar-refractivity contribution in [2.45, 2.75) is 19.1 Å². The molecule has 0 fully saturated rings. The number of thioether (sulfide) groups is 1. The Bertz CT molecular complexity index is 451. The molecule has 0 spiro atoms. The van der Waals surface area contributed by atoms with Crippen LogP contribution in [0.5, 0.6) is 0 Å². The molecule has 0 aliphatic carbocycles. The summed E-state index contributed by atoms with van der Waals surface area (Å²) < 4.78 is 5.34. The van der Waals surface area contributed by atoms with Crippen LogP contribution in [0, 0.1) is 0 Å². The van der Waals surface area contributed by atoms with Crippen molar-refractivity contribution in [3.8, 4) is 0 Å². The van der Waals surface area contributed by atoms with Gasteiger partial charge in [0, 0.05) is 23.7 Å². The van der Waals surface area contributed by atoms with E-state index in [1.54, 1.807) is 16.7 Å². The van der Waals surface area contributed by atoms with Gasteiger partial charge in [0.05, 0.1) is 23.6 Å². The Kier molecular flexibility index (Phi) is 8.02. The van der Waals surface area contributed by atoms with Crippen LogP contribution in [0.25, 0.3) is 0 Å². The molecule has 0 atom stereocenters. The normalized spacial score (nSPS) is 10.3. The van der Waals surface area contributed by atoms with Gasteiger partial charge in [0.15, 0.2) is 0 Å². The first-order chi connectivity index (χ1) is 9.56. The summed E-state index contributed by atoms with van der Waals surface area (Å²) in [7, 11) is 1.35. The molecule has 1 aromatic rings. The lowest BCUT2D eigenvalue weighted by Gasteiger charge is -2.19. The lowest BCUT2D eigenvalue weighted by Crippen LogP contribution is -2.34. The van der Waals surface area contributed by atoms with E-state index in [0.717, 1.165) is 15.0 Å². The molecule has 1 amide bonds. The summed E-state index contributed by atoms with van der Waals surface area (Å²) in [5, 5.41) is 0. The number of halogens is 1. The van der Waals surface area contributed by atoms with Crippen LogP contribution in [0.2, 0.25) is 4.34 Å². The quantitative estimate of drug-likeness (QED) is 0.685. The lowest BCUT2D eigenvalue weighted by molar-refractivity contribution is -0.141. The number of hydrogen-bond donors (Lipinski definition) is 0. The van der Waals surface area contributed by atoms with Crippen LogP contribution in [0.4, 0.5) is 0 Å². The molecule has 1 rings (SSSR count). The molecule has 0 aliphatic heterocycles. The van der Waals surface area contributed by atoms with E-state index in [9.17, 15) is 9.59 Å². The van der Waals surface area contributed by atoms with Gasteiger partial charge in [-0.1, -0.05) is 11.6 Å². The average molecular weight is 336 g/mol. The summed E-state index contributed by atoms with van der Waals surface area (Å²) in [4.78, 5) is 25.9. The zero-order chi connectivity index (χ0) is 15.0. The molecular weight excluding hydrogens is 318 g/mol. The lowest BCUT2D eigenvalue weighted by atomic mass is 10.3. The van der Waals surface area contributed by atoms with E-state index < -0.39 is 0 Å². The van der Waals surface area contributed by atoms with Crippen LogP contribution in [0.1, 0.15) is 18.2 Å². The van der Waals surface area contributed by atoms with Gasteiger partial charge in [0.2, 0.25) is 5.91 Å². The highest BCUT2D eigenvalue weighted by molar-refractivity contribution is 7.99. The van der Waals surface area contributed by atoms with E-state index in [2.05, 4.69) is 4.74 Å². The van der Waals surface area contributed by atoms with Crippen LogP contribution >= 0.6 is 34.7 Å². The Morgan fingerprint density at radius 3 is 2.75 bits per heavy atom. The van der Waals surface area contributed by atoms with Crippen molar-refractivity contribution >= 4 is 46.6 Å². The van der Waals surface area contributed by atoms with Crippen molar-refractivity contribution in [2.24, 2.45) is 0 Å². The Balaban J connectivity index is 2.30. The molecule has 0 N–H and O–H groups in total. The first-order valence-corrected chi connectivity index (χ1v) is 8.58. The van der Waals surface area contributed by atoms with Gasteiger partial charge in [-0.25, -0.2) is 0 Å². The van der Waals surface area contributed by atoms with Gasteiger partial charge in [-0.05, 0) is 19.1 Å². The summed E-state index contributed by atoms with van der Waals surface area (Å²) in [5.74, 6) is 0.934. The van der Waals surface area contributed by atoms with Crippen molar-refractivity contribution in [1.29, 1.82) is 0 Å². The fraction of sp³-hybridized carbons (Fsp3) is 0.538. The minimum absolute atomic E-state index is 0.0454. The van der Waals surface area contributed by atoms with Crippen LogP contribution in [0.15, 0.2) is 12.1 Å². The van der Waals surface area contributed by atoms with E-state index >= 15 is 0 Å². The van der Waals surface area contributed by atoms with E-state index in [-0.39, 0.29) is 18.3 Å². The first kappa shape index (κ1) is 17.3. The van der Waals surface area contributed by atoms with Gasteiger partial charge in [-0.2, -0.15) is 0 Å². The first-order valence-electron chi connectivity index (χ1n) is 6.23. The Morgan fingerprint density at radius 1 is 1.45 bits per heavy atom. The molecule has 0 saturated heterocycles. The van der Waals surface area contributed by atoms with Gasteiger partial charge in [-0.15, -0.1) is 23.1 Å². The number of ether oxygens (including phenoxy) is 1. The molecule has 1 aromatic heterocycles. The van der Waals surface area contributed by atoms with E-state index in [1.807, 2.05) is 19.1 Å². The van der Waals surface area contributed by atoms with Crippen LogP contribution in [-0.4, -0.2) is 42.7 Å². The number of hydrogen-bond acceptors (Lipinski definition) is 5. The molecule has 0 aromatic carbocycles. The summed E-state index contributed by atoms with van der Waals surface area (Å²) >= 11 is 8.93. The minimum Gasteiger partial charge on any atom is -0.469 e. The number of carbonyl (C=O) groups is 2. The summed E-state index contributed by atoms with van der Waals surface area (Å²) in [6.45, 7) is 2.91. The maximum absolute atomic E-state index is 12.0. The van der Waals surface area contributed by atoms with Crippen LogP contribution < -0.4 is 0 Å². The molecule has 20 heavy (non-hydrogen) atoms. The number of methoxy groups -OCH3 is 1. The SMILES string of the molecule is CCN(CCC(=O)OC)C(=O)CSCc1ccc(Cl)s1. The second kappa shape index (κ2) is 9.26. The number of nitrogens with zero attached hydrogens (tertiary/aromatic N) is 1. The fourth-order valence-electron chi connectivity index (χ4n) is 1.55. The van der Waals surface area contributed by atoms with Gasteiger partial charge in [-0.3, -0.25) is 9.59 Å². The van der Waals surface area contributed by atoms with Crippen molar-refractivity contribution in [2.75, 3.05) is 26.0 Å². The molecule has 4 nitrogen and oxygen atoms in total. The molecule has 0 radical (unpaired) electrons. The molecule has 112 valence electrons. The minimum atomic E-state index is -0.294. The maximum atomic E-state index is 12.0. The molecule has 0 aliphatic rings. The van der Waals surface area contributed by atoms with Gasteiger partial charge in [0.25, 0.3) is 0 Å². The zero-order valence-electron chi connectivity index (χ0n) is 11.6. The van der Waals surface area contributed by atoms with Gasteiger partial charge >= 0.3 is 5.97 Å². The molecular formula is C13H18ClNO3S2. The smallest absolute Gasteiger partial charge is 0.307 e. The maximum Gasteiger partial charge on any atom is 0.307 e. The number of carbonyl (C=O) groups excluding carboxylic acids is 2. The van der Waals surface area contributed by atoms with Gasteiger partial charge < -0.3 is 9.64 Å². The van der Waals surface area contributed by atoms with Crippen molar-refractivity contribution < 1.29 is 14.3 Å². The average Bonchev–Trinajstić information content (AvgIpc) is 2.84. The number of amides is 1. The molecule has 0 bridgehead atoms. The summed E-state index contributed by atoms with van der Waals surface area (Å²) in [6.07, 6.45) is 0.237. The third-order valence-corrected chi connectivity index (χ3v) is 5.03. The number of esters is 1. The fourth-order valence-corrected chi connectivity index (χ4v) is 3.67. The third-order valence-electron chi connectivity index (χ3n) is 2.65. The topological polar surface area (TPSA) is 46.6 Å². The molecule has 0 saturated carbocycles. The summed E-state index contributed by atoms with van der Waals surface area (Å²) in [5.41, 5.74) is 0. The third kappa shape index (κ3) is 6.15. The highest BCUT2D eigenvalue weighted by atomic mass is 35.5. The second-order valence-corrected chi connectivity index (χ2v) is 6.78. The van der Waals surface area contributed by atoms with E-state index in [4.69, 9.17) is 11.6 Å². The standard InChI is InChI=1S/C13H18ClNO3S2/c1-3-15(7-6-13(17)18-2)12(16)9-19-8-10-4-5-11(14)20-10/h4-5H,3,6-9H2,1-2H3. The Morgan fingerprint density at radius 2 is 2.20 bits per heavy atom. The predicted molar refractivity (Wildman–Crippen MR) is 84.4 cm³/mol. The van der Waals surface area contributed by atoms with Crippen molar-refractivity contribution in [3.63, 3.8) is 0 Å². The van der Waals surface area contributed by atoms with Crippen LogP contribution in [-0.2, 0) is 20.1 Å². The van der Waals surface area contributed by atoms with Crippen LogP contribution in [0.3, 0.4) is 0 Å². The number of thiophene rings is 1. The second-order valence-electron chi connectivity index (χ2n) is 4.00. The van der Waals surface area contributed by atoms with Gasteiger partial charge in [0.1, 0.15) is 0 Å². The monoisotopic (exact) mass is 335 g/mol. The number of rotatable bonds is 8. The Labute approximate surface area is 132 Å². The largest absolute Gasteiger partial charge is 0.469 e. The van der Waals surface area contributed by atoms with Crippen molar-refractivity contribution in [3.05, 3.63) is 21.3 Å². The predicted octanol–water partition coefficient (Wildman–Crippen LogP) is 3.05. The van der Waals surface area contributed by atoms with E-state index in [0.29, 0.717) is 18.8 Å². The molecule has 7 heteroatoms. The Hall–Kier alpha value is -0.720. The highest BCUT2D eigenvalue weighted by Gasteiger charge is 2.13. The van der Waals surface area contributed by atoms with Crippen molar-refractivity contribution in [1.82, 2.24) is 4.90 Å².